The Kier molecular flexibility index (Phi) is 6.61. The SMILES string of the molecule is [2H]c1c([2H])c([2H])c(-c2ccc(-c3ccc(N(c4ccc(-c5cccc6ccccc56)cc4)c4cccc(-c5cccc6oc7ccccc7c56)c4)cc3)cc2)c([2H])c1[2H]. The molecule has 1 heterocycles. The highest BCUT2D eigenvalue weighted by molar-refractivity contribution is 6.12. The van der Waals surface area contributed by atoms with Crippen molar-refractivity contribution in [3.63, 3.8) is 0 Å². The molecule has 0 saturated carbocycles. The fourth-order valence-electron chi connectivity index (χ4n) is 7.57. The van der Waals surface area contributed by atoms with E-state index in [1.807, 2.05) is 54.6 Å². The fraction of sp³-hybridized carbons (Fsp3) is 0. The number of benzene rings is 9. The van der Waals surface area contributed by atoms with Crippen LogP contribution < -0.4 is 4.90 Å². The first kappa shape index (κ1) is 26.6. The van der Waals surface area contributed by atoms with Gasteiger partial charge in [-0.2, -0.15) is 0 Å². The largest absolute Gasteiger partial charge is 0.456 e. The molecule has 0 bridgehead atoms. The highest BCUT2D eigenvalue weighted by Crippen LogP contribution is 2.41. The van der Waals surface area contributed by atoms with E-state index >= 15 is 0 Å². The molecule has 0 N–H and O–H groups in total. The van der Waals surface area contributed by atoms with Crippen LogP contribution in [0.1, 0.15) is 6.85 Å². The van der Waals surface area contributed by atoms with Gasteiger partial charge in [0.2, 0.25) is 0 Å². The molecule has 0 radical (unpaired) electrons. The highest BCUT2D eigenvalue weighted by Gasteiger charge is 2.17. The fourth-order valence-corrected chi connectivity index (χ4v) is 7.57. The molecule has 0 unspecified atom stereocenters. The minimum atomic E-state index is -0.397. The minimum absolute atomic E-state index is 0.194. The molecule has 10 aromatic rings. The maximum Gasteiger partial charge on any atom is 0.136 e. The summed E-state index contributed by atoms with van der Waals surface area (Å²) in [4.78, 5) is 2.27. The lowest BCUT2D eigenvalue weighted by Crippen LogP contribution is -2.10. The zero-order valence-electron chi connectivity index (χ0n) is 34.2. The van der Waals surface area contributed by atoms with Crippen LogP contribution in [0.25, 0.3) is 77.2 Å². The van der Waals surface area contributed by atoms with Crippen molar-refractivity contribution in [2.75, 3.05) is 4.90 Å². The Labute approximate surface area is 321 Å². The van der Waals surface area contributed by atoms with Crippen LogP contribution in [0.5, 0.6) is 0 Å². The quantitative estimate of drug-likeness (QED) is 0.165. The third-order valence-corrected chi connectivity index (χ3v) is 10.2. The van der Waals surface area contributed by atoms with Crippen LogP contribution in [0, 0.1) is 0 Å². The zero-order valence-corrected chi connectivity index (χ0v) is 29.2. The Morgan fingerprint density at radius 2 is 0.926 bits per heavy atom. The molecular formula is C52H35NO. The van der Waals surface area contributed by atoms with Crippen molar-refractivity contribution in [1.82, 2.24) is 0 Å². The molecule has 0 amide bonds. The van der Waals surface area contributed by atoms with Crippen molar-refractivity contribution in [3.8, 4) is 44.5 Å². The molecule has 0 atom stereocenters. The van der Waals surface area contributed by atoms with E-state index < -0.39 is 6.04 Å². The average molecular weight is 695 g/mol. The molecule has 2 heteroatoms. The van der Waals surface area contributed by atoms with Gasteiger partial charge in [0.25, 0.3) is 0 Å². The lowest BCUT2D eigenvalue weighted by molar-refractivity contribution is 0.669. The third kappa shape index (κ3) is 5.71. The lowest BCUT2D eigenvalue weighted by Gasteiger charge is -2.26. The standard InChI is InChI=1S/C52H35NO/c1-2-11-36(12-3-1)37-23-25-38(26-24-37)39-27-31-43(32-28-39)53(44-33-29-41(30-34-44)47-19-9-14-40-13-4-5-17-46(40)47)45-16-8-15-42(35-45)48-20-10-22-51-52(48)49-18-6-7-21-50(49)54-51/h1-35H/i1D,2D,3D,11D,12D. The number of rotatable bonds is 7. The summed E-state index contributed by atoms with van der Waals surface area (Å²) in [6.07, 6.45) is 0. The topological polar surface area (TPSA) is 16.4 Å². The van der Waals surface area contributed by atoms with Crippen molar-refractivity contribution in [3.05, 3.63) is 212 Å². The van der Waals surface area contributed by atoms with Gasteiger partial charge >= 0.3 is 0 Å². The maximum absolute atomic E-state index is 8.42. The van der Waals surface area contributed by atoms with E-state index in [1.54, 1.807) is 0 Å². The summed E-state index contributed by atoms with van der Waals surface area (Å²) in [5, 5.41) is 4.59. The van der Waals surface area contributed by atoms with Gasteiger partial charge in [0.05, 0.1) is 6.85 Å². The van der Waals surface area contributed by atoms with E-state index in [-0.39, 0.29) is 29.7 Å². The summed E-state index contributed by atoms with van der Waals surface area (Å²) < 4.78 is 47.3. The third-order valence-electron chi connectivity index (χ3n) is 10.2. The van der Waals surface area contributed by atoms with Gasteiger partial charge in [0.15, 0.2) is 0 Å². The number of hydrogen-bond donors (Lipinski definition) is 0. The molecule has 10 rings (SSSR count). The van der Waals surface area contributed by atoms with E-state index in [4.69, 9.17) is 11.3 Å². The first-order valence-corrected chi connectivity index (χ1v) is 18.0. The molecule has 0 fully saturated rings. The lowest BCUT2D eigenvalue weighted by atomic mass is 9.97. The van der Waals surface area contributed by atoms with Crippen LogP contribution in [0.15, 0.2) is 217 Å². The van der Waals surface area contributed by atoms with E-state index in [2.05, 4.69) is 132 Å². The molecule has 0 spiro atoms. The van der Waals surface area contributed by atoms with Crippen LogP contribution in [-0.4, -0.2) is 0 Å². The Hall–Kier alpha value is -7.16. The molecule has 0 aliphatic heterocycles. The molecular weight excluding hydrogens is 655 g/mol. The molecule has 0 saturated heterocycles. The first-order chi connectivity index (χ1) is 28.8. The molecule has 2 nitrogen and oxygen atoms in total. The van der Waals surface area contributed by atoms with Crippen LogP contribution in [0.4, 0.5) is 17.1 Å². The van der Waals surface area contributed by atoms with Crippen molar-refractivity contribution < 1.29 is 11.3 Å². The second kappa shape index (κ2) is 13.4. The van der Waals surface area contributed by atoms with Crippen LogP contribution in [0.3, 0.4) is 0 Å². The molecule has 1 aromatic heterocycles. The summed E-state index contributed by atoms with van der Waals surface area (Å²) in [5.74, 6) is 0. The predicted octanol–water partition coefficient (Wildman–Crippen LogP) is 14.9. The Balaban J connectivity index is 1.05. The number of nitrogens with zero attached hydrogens (tertiary/aromatic N) is 1. The first-order valence-electron chi connectivity index (χ1n) is 20.5. The zero-order chi connectivity index (χ0) is 40.2. The summed E-state index contributed by atoms with van der Waals surface area (Å²) in [6.45, 7) is 0. The van der Waals surface area contributed by atoms with Gasteiger partial charge in [0.1, 0.15) is 11.2 Å². The minimum Gasteiger partial charge on any atom is -0.456 e. The van der Waals surface area contributed by atoms with Crippen molar-refractivity contribution in [2.24, 2.45) is 0 Å². The maximum atomic E-state index is 8.42. The number of para-hydroxylation sites is 1. The number of fused-ring (bicyclic) bond motifs is 4. The number of furan rings is 1. The van der Waals surface area contributed by atoms with Crippen molar-refractivity contribution in [2.45, 2.75) is 0 Å². The Bertz CT molecular complexity index is 3170. The molecule has 9 aromatic carbocycles. The van der Waals surface area contributed by atoms with E-state index in [0.29, 0.717) is 5.56 Å². The molecule has 54 heavy (non-hydrogen) atoms. The normalized spacial score (nSPS) is 12.6. The van der Waals surface area contributed by atoms with Crippen molar-refractivity contribution >= 4 is 49.8 Å². The molecule has 0 aliphatic carbocycles. The van der Waals surface area contributed by atoms with Gasteiger partial charge in [-0.25, -0.2) is 0 Å². The van der Waals surface area contributed by atoms with Gasteiger partial charge in [-0.1, -0.05) is 164 Å². The van der Waals surface area contributed by atoms with E-state index in [1.165, 1.54) is 16.3 Å². The summed E-state index contributed by atoms with van der Waals surface area (Å²) in [5.41, 5.74) is 11.9. The highest BCUT2D eigenvalue weighted by atomic mass is 16.3. The van der Waals surface area contributed by atoms with Gasteiger partial charge < -0.3 is 9.32 Å². The van der Waals surface area contributed by atoms with Gasteiger partial charge in [-0.3, -0.25) is 0 Å². The molecule has 254 valence electrons. The number of anilines is 3. The van der Waals surface area contributed by atoms with Gasteiger partial charge in [0, 0.05) is 27.8 Å². The van der Waals surface area contributed by atoms with Crippen molar-refractivity contribution in [1.29, 1.82) is 0 Å². The second-order valence-electron chi connectivity index (χ2n) is 13.4. The van der Waals surface area contributed by atoms with Crippen LogP contribution in [-0.2, 0) is 0 Å². The van der Waals surface area contributed by atoms with Gasteiger partial charge in [-0.05, 0) is 104 Å². The van der Waals surface area contributed by atoms with Gasteiger partial charge in [-0.15, -0.1) is 0 Å². The van der Waals surface area contributed by atoms with Crippen LogP contribution in [0.2, 0.25) is 0 Å². The molecule has 0 aliphatic rings. The van der Waals surface area contributed by atoms with Crippen LogP contribution >= 0.6 is 0 Å². The monoisotopic (exact) mass is 694 g/mol. The number of hydrogen-bond acceptors (Lipinski definition) is 2. The summed E-state index contributed by atoms with van der Waals surface area (Å²) in [6, 6.07) is 61.1. The van der Waals surface area contributed by atoms with E-state index in [9.17, 15) is 0 Å². The summed E-state index contributed by atoms with van der Waals surface area (Å²) >= 11 is 0. The van der Waals surface area contributed by atoms with E-state index in [0.717, 1.165) is 66.8 Å². The Morgan fingerprint density at radius 1 is 0.370 bits per heavy atom. The second-order valence-corrected chi connectivity index (χ2v) is 13.4. The Morgan fingerprint density at radius 3 is 1.69 bits per heavy atom. The predicted molar refractivity (Wildman–Crippen MR) is 228 cm³/mol. The average Bonchev–Trinajstić information content (AvgIpc) is 3.68. The summed E-state index contributed by atoms with van der Waals surface area (Å²) in [7, 11) is 0. The smallest absolute Gasteiger partial charge is 0.136 e.